The van der Waals surface area contributed by atoms with Crippen molar-refractivity contribution in [1.82, 2.24) is 4.90 Å². The molecule has 0 atom stereocenters. The Labute approximate surface area is 100 Å². The Bertz CT molecular complexity index is 190. The van der Waals surface area contributed by atoms with Crippen LogP contribution in [0, 0.1) is 5.92 Å². The standard InChI is InChI=1S/C13H28N2O/c1-12(2)11-15(9-10-16-3)8-7-13(14)5-4-6-13/h12H,4-11,14H2,1-3H3. The number of nitrogens with zero attached hydrogens (tertiary/aromatic N) is 1. The highest BCUT2D eigenvalue weighted by Gasteiger charge is 2.32. The van der Waals surface area contributed by atoms with Gasteiger partial charge in [-0.3, -0.25) is 0 Å². The smallest absolute Gasteiger partial charge is 0.0589 e. The second-order valence-corrected chi connectivity index (χ2v) is 5.65. The predicted molar refractivity (Wildman–Crippen MR) is 68.5 cm³/mol. The fourth-order valence-electron chi connectivity index (χ4n) is 2.29. The van der Waals surface area contributed by atoms with E-state index >= 15 is 0 Å². The molecule has 0 radical (unpaired) electrons. The minimum atomic E-state index is 0.155. The Morgan fingerprint density at radius 1 is 1.31 bits per heavy atom. The maximum atomic E-state index is 6.25. The first-order valence-electron chi connectivity index (χ1n) is 6.56. The van der Waals surface area contributed by atoms with Crippen LogP contribution in [0.15, 0.2) is 0 Å². The van der Waals surface area contributed by atoms with Gasteiger partial charge in [-0.1, -0.05) is 13.8 Å². The first-order chi connectivity index (χ1) is 7.56. The van der Waals surface area contributed by atoms with Crippen LogP contribution in [-0.2, 0) is 4.74 Å². The van der Waals surface area contributed by atoms with Gasteiger partial charge in [-0.25, -0.2) is 0 Å². The van der Waals surface area contributed by atoms with E-state index in [4.69, 9.17) is 10.5 Å². The van der Waals surface area contributed by atoms with Gasteiger partial charge >= 0.3 is 0 Å². The van der Waals surface area contributed by atoms with E-state index in [0.717, 1.165) is 32.7 Å². The molecule has 3 heteroatoms. The molecule has 2 N–H and O–H groups in total. The molecule has 0 aromatic rings. The molecule has 0 amide bonds. The summed E-state index contributed by atoms with van der Waals surface area (Å²) < 4.78 is 5.15. The van der Waals surface area contributed by atoms with Crippen LogP contribution in [-0.4, -0.2) is 43.8 Å². The molecule has 1 rings (SSSR count). The summed E-state index contributed by atoms with van der Waals surface area (Å²) in [5.74, 6) is 0.715. The largest absolute Gasteiger partial charge is 0.383 e. The van der Waals surface area contributed by atoms with E-state index in [9.17, 15) is 0 Å². The Balaban J connectivity index is 2.25. The Hall–Kier alpha value is -0.120. The summed E-state index contributed by atoms with van der Waals surface area (Å²) in [6, 6.07) is 0. The van der Waals surface area contributed by atoms with E-state index < -0.39 is 0 Å². The summed E-state index contributed by atoms with van der Waals surface area (Å²) in [6.45, 7) is 8.66. The van der Waals surface area contributed by atoms with Gasteiger partial charge in [-0.2, -0.15) is 0 Å². The van der Waals surface area contributed by atoms with E-state index in [0.29, 0.717) is 5.92 Å². The fraction of sp³-hybridized carbons (Fsp3) is 1.00. The number of rotatable bonds is 8. The van der Waals surface area contributed by atoms with Gasteiger partial charge in [-0.05, 0) is 38.1 Å². The molecule has 3 nitrogen and oxygen atoms in total. The molecule has 0 bridgehead atoms. The van der Waals surface area contributed by atoms with Crippen molar-refractivity contribution in [2.24, 2.45) is 11.7 Å². The molecular weight excluding hydrogens is 200 g/mol. The number of methoxy groups -OCH3 is 1. The van der Waals surface area contributed by atoms with Crippen molar-refractivity contribution in [3.63, 3.8) is 0 Å². The molecule has 0 unspecified atom stereocenters. The summed E-state index contributed by atoms with van der Waals surface area (Å²) >= 11 is 0. The minimum absolute atomic E-state index is 0.155. The van der Waals surface area contributed by atoms with Crippen LogP contribution in [0.5, 0.6) is 0 Å². The normalized spacial score (nSPS) is 19.1. The monoisotopic (exact) mass is 228 g/mol. The number of ether oxygens (including phenoxy) is 1. The molecule has 1 aliphatic rings. The highest BCUT2D eigenvalue weighted by molar-refractivity contribution is 4.93. The molecule has 96 valence electrons. The topological polar surface area (TPSA) is 38.5 Å². The van der Waals surface area contributed by atoms with Crippen LogP contribution in [0.3, 0.4) is 0 Å². The minimum Gasteiger partial charge on any atom is -0.383 e. The van der Waals surface area contributed by atoms with Crippen molar-refractivity contribution in [2.75, 3.05) is 33.4 Å². The van der Waals surface area contributed by atoms with Crippen LogP contribution in [0.4, 0.5) is 0 Å². The summed E-state index contributed by atoms with van der Waals surface area (Å²) in [6.07, 6.45) is 4.89. The molecule has 0 aromatic carbocycles. The van der Waals surface area contributed by atoms with Crippen molar-refractivity contribution in [2.45, 2.75) is 45.1 Å². The number of hydrogen-bond donors (Lipinski definition) is 1. The van der Waals surface area contributed by atoms with E-state index in [1.165, 1.54) is 19.3 Å². The zero-order chi connectivity index (χ0) is 12.0. The Kier molecular flexibility index (Phi) is 5.73. The summed E-state index contributed by atoms with van der Waals surface area (Å²) in [7, 11) is 1.77. The average Bonchev–Trinajstić information content (AvgIpc) is 2.18. The van der Waals surface area contributed by atoms with Gasteiger partial charge < -0.3 is 15.4 Å². The lowest BCUT2D eigenvalue weighted by Gasteiger charge is -2.40. The van der Waals surface area contributed by atoms with E-state index in [1.807, 2.05) is 0 Å². The second-order valence-electron chi connectivity index (χ2n) is 5.65. The molecule has 0 saturated heterocycles. The zero-order valence-electron chi connectivity index (χ0n) is 11.2. The van der Waals surface area contributed by atoms with E-state index in [2.05, 4.69) is 18.7 Å². The third-order valence-electron chi connectivity index (χ3n) is 3.51. The maximum Gasteiger partial charge on any atom is 0.0589 e. The fourth-order valence-corrected chi connectivity index (χ4v) is 2.29. The third-order valence-corrected chi connectivity index (χ3v) is 3.51. The SMILES string of the molecule is COCCN(CCC1(N)CCC1)CC(C)C. The van der Waals surface area contributed by atoms with E-state index in [1.54, 1.807) is 7.11 Å². The molecule has 0 spiro atoms. The Morgan fingerprint density at radius 3 is 2.44 bits per heavy atom. The number of hydrogen-bond acceptors (Lipinski definition) is 3. The summed E-state index contributed by atoms with van der Waals surface area (Å²) in [5.41, 5.74) is 6.41. The van der Waals surface area contributed by atoms with Crippen molar-refractivity contribution in [3.8, 4) is 0 Å². The average molecular weight is 228 g/mol. The van der Waals surface area contributed by atoms with Crippen LogP contribution in [0.25, 0.3) is 0 Å². The van der Waals surface area contributed by atoms with Gasteiger partial charge in [0, 0.05) is 25.7 Å². The first kappa shape index (κ1) is 13.9. The van der Waals surface area contributed by atoms with Gasteiger partial charge in [0.05, 0.1) is 6.61 Å². The lowest BCUT2D eigenvalue weighted by molar-refractivity contribution is 0.122. The van der Waals surface area contributed by atoms with Crippen LogP contribution < -0.4 is 5.73 Å². The lowest BCUT2D eigenvalue weighted by Crippen LogP contribution is -2.49. The lowest BCUT2D eigenvalue weighted by atomic mass is 9.75. The molecule has 0 heterocycles. The molecular formula is C13H28N2O. The summed E-state index contributed by atoms with van der Waals surface area (Å²) in [4.78, 5) is 2.49. The zero-order valence-corrected chi connectivity index (χ0v) is 11.2. The van der Waals surface area contributed by atoms with Gasteiger partial charge in [0.2, 0.25) is 0 Å². The van der Waals surface area contributed by atoms with Gasteiger partial charge in [-0.15, -0.1) is 0 Å². The molecule has 1 aliphatic carbocycles. The highest BCUT2D eigenvalue weighted by Crippen LogP contribution is 2.32. The van der Waals surface area contributed by atoms with Gasteiger partial charge in [0.25, 0.3) is 0 Å². The molecule has 0 aromatic heterocycles. The van der Waals surface area contributed by atoms with Gasteiger partial charge in [0.1, 0.15) is 0 Å². The quantitative estimate of drug-likeness (QED) is 0.689. The van der Waals surface area contributed by atoms with Crippen LogP contribution in [0.2, 0.25) is 0 Å². The molecule has 16 heavy (non-hydrogen) atoms. The maximum absolute atomic E-state index is 6.25. The Morgan fingerprint density at radius 2 is 2.00 bits per heavy atom. The van der Waals surface area contributed by atoms with Gasteiger partial charge in [0.15, 0.2) is 0 Å². The predicted octanol–water partition coefficient (Wildman–Crippen LogP) is 1.86. The van der Waals surface area contributed by atoms with Crippen LogP contribution >= 0.6 is 0 Å². The first-order valence-corrected chi connectivity index (χ1v) is 6.56. The van der Waals surface area contributed by atoms with E-state index in [-0.39, 0.29) is 5.54 Å². The van der Waals surface area contributed by atoms with Crippen molar-refractivity contribution in [3.05, 3.63) is 0 Å². The van der Waals surface area contributed by atoms with Crippen molar-refractivity contribution in [1.29, 1.82) is 0 Å². The van der Waals surface area contributed by atoms with Crippen LogP contribution in [0.1, 0.15) is 39.5 Å². The third kappa shape index (κ3) is 4.81. The van der Waals surface area contributed by atoms with Crippen molar-refractivity contribution < 1.29 is 4.74 Å². The highest BCUT2D eigenvalue weighted by atomic mass is 16.5. The summed E-state index contributed by atoms with van der Waals surface area (Å²) in [5, 5.41) is 0. The molecule has 0 aliphatic heterocycles. The molecule has 1 saturated carbocycles. The number of nitrogens with two attached hydrogens (primary N) is 1. The molecule has 1 fully saturated rings. The second kappa shape index (κ2) is 6.58. The van der Waals surface area contributed by atoms with Crippen molar-refractivity contribution >= 4 is 0 Å².